The fraction of sp³-hybridized carbons (Fsp3) is 0.463. The summed E-state index contributed by atoms with van der Waals surface area (Å²) in [6.45, 7) is 11.3. The van der Waals surface area contributed by atoms with Gasteiger partial charge in [-0.1, -0.05) is 70.2 Å². The molecule has 2 heterocycles. The van der Waals surface area contributed by atoms with Gasteiger partial charge in [-0.05, 0) is 67.1 Å². The molecule has 3 aromatic carbocycles. The molecule has 10 nitrogen and oxygen atoms in total. The average molecular weight is 767 g/mol. The normalized spacial score (nSPS) is 17.7. The quantitative estimate of drug-likeness (QED) is 0.138. The van der Waals surface area contributed by atoms with Gasteiger partial charge in [0.05, 0.1) is 36.9 Å². The van der Waals surface area contributed by atoms with Crippen LogP contribution in [0.4, 0.5) is 27.2 Å². The maximum absolute atomic E-state index is 16.3. The van der Waals surface area contributed by atoms with Gasteiger partial charge >= 0.3 is 12.1 Å². The SMILES string of the molecule is CC[C@@H](CN(C(=O)N1C[C@@H](C)O[C@@H](C)C1)[C@@H](c1nc(-c2cc(F)ccc2F)nn1Cc1cccc(F)c1)C(C)(C)C)[C@@H](F)CNC(=O)OCc1ccccc1. The molecule has 5 atom stereocenters. The summed E-state index contributed by atoms with van der Waals surface area (Å²) in [5, 5.41) is 7.13. The number of nitrogens with zero attached hydrogens (tertiary/aromatic N) is 5. The molecule has 1 N–H and O–H groups in total. The van der Waals surface area contributed by atoms with Crippen LogP contribution in [-0.4, -0.2) is 81.2 Å². The maximum Gasteiger partial charge on any atom is 0.407 e. The number of alkyl halides is 1. The van der Waals surface area contributed by atoms with Crippen LogP contribution in [0.2, 0.25) is 0 Å². The van der Waals surface area contributed by atoms with Crippen molar-refractivity contribution in [2.45, 2.75) is 85.5 Å². The van der Waals surface area contributed by atoms with Crippen molar-refractivity contribution in [3.63, 3.8) is 0 Å². The van der Waals surface area contributed by atoms with Crippen molar-refractivity contribution in [1.82, 2.24) is 29.9 Å². The highest BCUT2D eigenvalue weighted by Gasteiger charge is 2.43. The van der Waals surface area contributed by atoms with Crippen molar-refractivity contribution in [3.8, 4) is 11.4 Å². The van der Waals surface area contributed by atoms with E-state index in [2.05, 4.69) is 10.4 Å². The molecule has 0 aliphatic carbocycles. The number of benzene rings is 3. The lowest BCUT2D eigenvalue weighted by atomic mass is 9.84. The second-order valence-corrected chi connectivity index (χ2v) is 15.2. The lowest BCUT2D eigenvalue weighted by Gasteiger charge is -2.45. The third-order valence-electron chi connectivity index (χ3n) is 9.52. The first-order chi connectivity index (χ1) is 26.1. The van der Waals surface area contributed by atoms with E-state index in [1.165, 1.54) is 16.8 Å². The number of carbonyl (C=O) groups excluding carboxylic acids is 2. The second-order valence-electron chi connectivity index (χ2n) is 15.2. The predicted octanol–water partition coefficient (Wildman–Crippen LogP) is 8.32. The van der Waals surface area contributed by atoms with E-state index < -0.39 is 53.1 Å². The fourth-order valence-electron chi connectivity index (χ4n) is 6.94. The molecule has 0 unspecified atom stereocenters. The molecular weight excluding hydrogens is 716 g/mol. The Balaban J connectivity index is 1.53. The minimum Gasteiger partial charge on any atom is -0.445 e. The molecule has 0 saturated carbocycles. The Hall–Kier alpha value is -4.98. The Bertz CT molecular complexity index is 1900. The van der Waals surface area contributed by atoms with E-state index in [0.717, 1.165) is 23.8 Å². The smallest absolute Gasteiger partial charge is 0.407 e. The van der Waals surface area contributed by atoms with Gasteiger partial charge in [0, 0.05) is 25.6 Å². The fourth-order valence-corrected chi connectivity index (χ4v) is 6.94. The number of amides is 3. The zero-order chi connectivity index (χ0) is 39.9. The van der Waals surface area contributed by atoms with E-state index in [1.807, 2.05) is 65.0 Å². The van der Waals surface area contributed by atoms with Gasteiger partial charge in [-0.15, -0.1) is 0 Å². The Morgan fingerprint density at radius 3 is 2.29 bits per heavy atom. The van der Waals surface area contributed by atoms with Crippen LogP contribution in [0.25, 0.3) is 11.4 Å². The summed E-state index contributed by atoms with van der Waals surface area (Å²) in [6.07, 6.45) is -2.61. The third-order valence-corrected chi connectivity index (χ3v) is 9.52. The third kappa shape index (κ3) is 10.8. The molecule has 1 aliphatic rings. The molecule has 1 aromatic heterocycles. The summed E-state index contributed by atoms with van der Waals surface area (Å²) < 4.78 is 73.0. The van der Waals surface area contributed by atoms with Gasteiger partial charge in [0.1, 0.15) is 30.2 Å². The molecule has 0 bridgehead atoms. The van der Waals surface area contributed by atoms with E-state index in [0.29, 0.717) is 12.0 Å². The molecule has 3 amide bonds. The molecule has 55 heavy (non-hydrogen) atoms. The summed E-state index contributed by atoms with van der Waals surface area (Å²) in [5.74, 6) is -2.62. The summed E-state index contributed by atoms with van der Waals surface area (Å²) in [6, 6.07) is 16.6. The van der Waals surface area contributed by atoms with Gasteiger partial charge in [0.2, 0.25) is 0 Å². The van der Waals surface area contributed by atoms with Crippen LogP contribution in [0.3, 0.4) is 0 Å². The van der Waals surface area contributed by atoms with E-state index in [-0.39, 0.29) is 68.8 Å². The first-order valence-electron chi connectivity index (χ1n) is 18.6. The predicted molar refractivity (Wildman–Crippen MR) is 200 cm³/mol. The number of nitrogens with one attached hydrogen (secondary N) is 1. The van der Waals surface area contributed by atoms with Gasteiger partial charge in [0.25, 0.3) is 0 Å². The number of carbonyl (C=O) groups is 2. The number of aromatic nitrogens is 3. The number of alkyl carbamates (subject to hydrolysis) is 1. The summed E-state index contributed by atoms with van der Waals surface area (Å²) in [7, 11) is 0. The van der Waals surface area contributed by atoms with Crippen LogP contribution >= 0.6 is 0 Å². The number of halogens is 4. The van der Waals surface area contributed by atoms with E-state index in [1.54, 1.807) is 28.9 Å². The van der Waals surface area contributed by atoms with E-state index >= 15 is 8.78 Å². The monoisotopic (exact) mass is 766 g/mol. The van der Waals surface area contributed by atoms with Crippen molar-refractivity contribution >= 4 is 12.1 Å². The lowest BCUT2D eigenvalue weighted by molar-refractivity contribution is -0.0624. The summed E-state index contributed by atoms with van der Waals surface area (Å²) >= 11 is 0. The molecule has 1 fully saturated rings. The summed E-state index contributed by atoms with van der Waals surface area (Å²) in [4.78, 5) is 35.4. The number of ether oxygens (including phenoxy) is 2. The first kappa shape index (κ1) is 41.2. The number of rotatable bonds is 13. The number of hydrogen-bond acceptors (Lipinski definition) is 6. The molecule has 296 valence electrons. The van der Waals surface area contributed by atoms with Gasteiger partial charge in [-0.25, -0.2) is 36.8 Å². The van der Waals surface area contributed by atoms with Gasteiger partial charge in [-0.3, -0.25) is 0 Å². The van der Waals surface area contributed by atoms with Gasteiger partial charge < -0.3 is 24.6 Å². The Morgan fingerprint density at radius 1 is 0.964 bits per heavy atom. The maximum atomic E-state index is 16.3. The van der Waals surface area contributed by atoms with Crippen molar-refractivity contribution in [3.05, 3.63) is 107 Å². The Kier molecular flexibility index (Phi) is 13.6. The highest BCUT2D eigenvalue weighted by atomic mass is 19.1. The van der Waals surface area contributed by atoms with Crippen LogP contribution in [-0.2, 0) is 22.6 Å². The number of morpholine rings is 1. The van der Waals surface area contributed by atoms with Crippen molar-refractivity contribution in [2.75, 3.05) is 26.2 Å². The van der Waals surface area contributed by atoms with Crippen molar-refractivity contribution in [1.29, 1.82) is 0 Å². The Labute approximate surface area is 319 Å². The highest BCUT2D eigenvalue weighted by Crippen LogP contribution is 2.40. The second kappa shape index (κ2) is 18.1. The topological polar surface area (TPSA) is 102 Å². The molecule has 0 spiro atoms. The van der Waals surface area contributed by atoms with Crippen LogP contribution < -0.4 is 5.32 Å². The van der Waals surface area contributed by atoms with Gasteiger partial charge in [-0.2, -0.15) is 5.10 Å². The van der Waals surface area contributed by atoms with Crippen molar-refractivity contribution in [2.24, 2.45) is 11.3 Å². The molecule has 5 rings (SSSR count). The molecule has 1 aliphatic heterocycles. The molecule has 14 heteroatoms. The van der Waals surface area contributed by atoms with Gasteiger partial charge in [0.15, 0.2) is 11.6 Å². The average Bonchev–Trinajstić information content (AvgIpc) is 3.53. The Morgan fingerprint density at radius 2 is 1.64 bits per heavy atom. The number of hydrogen-bond donors (Lipinski definition) is 1. The standard InChI is InChI=1S/C41H50F4N6O4/c1-7-30(35(45)20-46-39(52)54-25-28-12-9-8-10-13-28)24-50(40(53)49-21-26(2)55-27(3)22-49)36(41(4,5)6)38-47-37(33-19-32(43)16-17-34(33)44)48-51(38)23-29-14-11-15-31(42)18-29/h8-19,26-27,30,35-36H,7,20-25H2,1-6H3,(H,46,52)/t26-,27+,30-,35-,36-/m0/s1. The first-order valence-corrected chi connectivity index (χ1v) is 18.6. The zero-order valence-electron chi connectivity index (χ0n) is 32.1. The molecule has 4 aromatic rings. The van der Waals surface area contributed by atoms with Crippen LogP contribution in [0, 0.1) is 28.8 Å². The van der Waals surface area contributed by atoms with Crippen LogP contribution in [0.1, 0.15) is 71.0 Å². The highest BCUT2D eigenvalue weighted by molar-refractivity contribution is 5.75. The van der Waals surface area contributed by atoms with E-state index in [9.17, 15) is 18.4 Å². The minimum atomic E-state index is -1.59. The minimum absolute atomic E-state index is 0.0184. The molecule has 1 saturated heterocycles. The zero-order valence-corrected chi connectivity index (χ0v) is 32.1. The van der Waals surface area contributed by atoms with Crippen LogP contribution in [0.5, 0.6) is 0 Å². The van der Waals surface area contributed by atoms with Crippen LogP contribution in [0.15, 0.2) is 72.8 Å². The largest absolute Gasteiger partial charge is 0.445 e. The van der Waals surface area contributed by atoms with Crippen molar-refractivity contribution < 1.29 is 36.6 Å². The lowest BCUT2D eigenvalue weighted by Crippen LogP contribution is -2.56. The molecular formula is C41H50F4N6O4. The summed E-state index contributed by atoms with van der Waals surface area (Å²) in [5.41, 5.74) is 0.302. The number of urea groups is 1. The molecule has 0 radical (unpaired) electrons. The van der Waals surface area contributed by atoms with E-state index in [4.69, 9.17) is 14.5 Å².